The molecule has 1 N–H and O–H groups in total. The highest BCUT2D eigenvalue weighted by Crippen LogP contribution is 2.16. The number of unbranched alkanes of at least 4 members (excludes halogenated alkanes) is 19. The molecule has 0 fully saturated rings. The first-order valence-corrected chi connectivity index (χ1v) is 41.2. The van der Waals surface area contributed by atoms with E-state index in [0.717, 1.165) is 186 Å². The van der Waals surface area contributed by atoms with Crippen LogP contribution in [0.4, 0.5) is 0 Å². The second-order valence-corrected chi connectivity index (χ2v) is 25.7. The summed E-state index contributed by atoms with van der Waals surface area (Å²) in [6.45, 7) is 62.4. The average molecular weight is 1440 g/mol. The molecule has 0 aliphatic rings. The third kappa shape index (κ3) is 243. The number of ether oxygens (including phenoxy) is 6. The van der Waals surface area contributed by atoms with Crippen LogP contribution in [0.5, 0.6) is 0 Å². The predicted molar refractivity (Wildman–Crippen MR) is 468 cm³/mol. The minimum atomic E-state index is 0. The standard InChI is InChI=1S/2C16H34O3.C7H18N.C6H11N.2C6H14.3C5H12.C4H10O.2C4H10.6CH4/c2*1-4-10-17-13-7-16(8-14-18-11-5-2)9-15-19-12-6-3;1-5-6-7-8(2,3)4;1-2-3-4-5-6-7;2*1-3-5-6-4-2;3*1-3-5-4-2;1-2-3-4-5;2*1-3-4-2;;;;;;/h2*16H,4-15H2,1-3H3;5-7H2,1-4H3;2-5H2,1H3;2*3-6H2,1-2H3;3*3-5H2,1-2H3;5H,2-4H2,1H3;2*3-4H2,1-2H3;6*1H4/q;;+1;;;;;;;;;;;;;;;. The number of nitrogens with zero attached hydrogens (tertiary/aromatic N) is 2. The van der Waals surface area contributed by atoms with Crippen LogP contribution in [-0.2, 0) is 28.4 Å². The Bertz CT molecular complexity index is 878. The molecule has 626 valence electrons. The van der Waals surface area contributed by atoms with Gasteiger partial charge in [0.15, 0.2) is 0 Å². The van der Waals surface area contributed by atoms with E-state index in [1.54, 1.807) is 0 Å². The summed E-state index contributed by atoms with van der Waals surface area (Å²) >= 11 is 0. The van der Waals surface area contributed by atoms with Crippen molar-refractivity contribution < 1.29 is 38.0 Å². The number of aliphatic hydroxyl groups excluding tert-OH is 1. The van der Waals surface area contributed by atoms with Gasteiger partial charge in [-0.2, -0.15) is 5.26 Å². The molecular formula is C90H215N2O7+. The van der Waals surface area contributed by atoms with Gasteiger partial charge >= 0.3 is 0 Å². The van der Waals surface area contributed by atoms with E-state index in [1.807, 2.05) is 0 Å². The zero-order valence-corrected chi connectivity index (χ0v) is 70.3. The summed E-state index contributed by atoms with van der Waals surface area (Å²) in [7, 11) is 6.70. The molecule has 0 aromatic rings. The molecule has 99 heavy (non-hydrogen) atoms. The van der Waals surface area contributed by atoms with Crippen LogP contribution >= 0.6 is 0 Å². The molecule has 0 saturated heterocycles. The maximum Gasteiger partial charge on any atom is 0.0780 e. The van der Waals surface area contributed by atoms with Crippen molar-refractivity contribution >= 4 is 0 Å². The highest BCUT2D eigenvalue weighted by Gasteiger charge is 2.10. The molecule has 0 atom stereocenters. The van der Waals surface area contributed by atoms with Gasteiger partial charge in [-0.3, -0.25) is 0 Å². The SMILES string of the molecule is C.C.C.C.C.C.CCCC.CCCC.CCCCC.CCCCC.CCCCC.CCCCCC.CCCCCC.CCCCCC#N.CCCCO.CCCC[N+](C)(C)C.CCCOCCC(CCOCCC)CCOCCC.CCCOCCC(CCOCCC)CCOCCC. The zero-order valence-electron chi connectivity index (χ0n) is 70.3. The third-order valence-electron chi connectivity index (χ3n) is 13.7. The van der Waals surface area contributed by atoms with Crippen LogP contribution in [0.3, 0.4) is 0 Å². The smallest absolute Gasteiger partial charge is 0.0780 e. The van der Waals surface area contributed by atoms with Crippen LogP contribution in [0.2, 0.25) is 0 Å². The van der Waals surface area contributed by atoms with Gasteiger partial charge in [-0.1, -0.05) is 364 Å². The van der Waals surface area contributed by atoms with Gasteiger partial charge < -0.3 is 38.0 Å². The van der Waals surface area contributed by atoms with E-state index in [9.17, 15) is 0 Å². The maximum atomic E-state index is 8.07. The lowest BCUT2D eigenvalue weighted by molar-refractivity contribution is -0.870. The summed E-state index contributed by atoms with van der Waals surface area (Å²) < 4.78 is 34.6. The molecule has 0 spiro atoms. The third-order valence-corrected chi connectivity index (χ3v) is 13.7. The molecule has 0 unspecified atom stereocenters. The normalized spacial score (nSPS) is 9.29. The number of aliphatic hydroxyl groups is 1. The lowest BCUT2D eigenvalue weighted by Crippen LogP contribution is -2.35. The van der Waals surface area contributed by atoms with Crippen molar-refractivity contribution in [1.29, 1.82) is 5.26 Å². The van der Waals surface area contributed by atoms with Crippen LogP contribution in [0.25, 0.3) is 0 Å². The number of quaternary nitrogens is 1. The van der Waals surface area contributed by atoms with Gasteiger partial charge in [0.05, 0.1) is 33.8 Å². The van der Waals surface area contributed by atoms with Crippen LogP contribution in [0.1, 0.15) is 467 Å². The molecule has 0 amide bonds. The molecule has 0 aliphatic heterocycles. The average Bonchev–Trinajstić information content (AvgIpc) is 1.68. The lowest BCUT2D eigenvalue weighted by atomic mass is 9.99. The van der Waals surface area contributed by atoms with Gasteiger partial charge in [-0.05, 0) is 108 Å². The summed E-state index contributed by atoms with van der Waals surface area (Å²) in [5, 5.41) is 16.1. The molecule has 0 aliphatic carbocycles. The Kier molecular flexibility index (Phi) is 245. The van der Waals surface area contributed by atoms with Crippen molar-refractivity contribution in [3.8, 4) is 6.07 Å². The molecule has 0 aromatic heterocycles. The van der Waals surface area contributed by atoms with Crippen molar-refractivity contribution in [2.45, 2.75) is 467 Å². The minimum absolute atomic E-state index is 0. The Labute approximate surface area is 638 Å². The molecule has 0 heterocycles. The van der Waals surface area contributed by atoms with Crippen molar-refractivity contribution in [1.82, 2.24) is 0 Å². The van der Waals surface area contributed by atoms with E-state index >= 15 is 0 Å². The van der Waals surface area contributed by atoms with Crippen molar-refractivity contribution in [2.75, 3.05) is 114 Å². The van der Waals surface area contributed by atoms with Crippen LogP contribution in [0, 0.1) is 23.2 Å². The fourth-order valence-corrected chi connectivity index (χ4v) is 7.15. The molecule has 0 aromatic carbocycles. The van der Waals surface area contributed by atoms with E-state index in [2.05, 4.69) is 186 Å². The van der Waals surface area contributed by atoms with E-state index in [0.29, 0.717) is 18.4 Å². The summed E-state index contributed by atoms with van der Waals surface area (Å²) in [5.41, 5.74) is 0. The fourth-order valence-electron chi connectivity index (χ4n) is 7.15. The summed E-state index contributed by atoms with van der Waals surface area (Å²) in [4.78, 5) is 0. The Hall–Kier alpha value is -0.830. The number of rotatable bonds is 52. The Morgan fingerprint density at radius 2 is 0.424 bits per heavy atom. The molecular weight excluding hydrogens is 1220 g/mol. The van der Waals surface area contributed by atoms with E-state index < -0.39 is 0 Å². The number of hydrogen-bond acceptors (Lipinski definition) is 8. The topological polar surface area (TPSA) is 99.4 Å². The van der Waals surface area contributed by atoms with Crippen molar-refractivity contribution in [2.24, 2.45) is 11.8 Å². The second-order valence-electron chi connectivity index (χ2n) is 25.7. The molecule has 9 nitrogen and oxygen atoms in total. The molecule has 0 rings (SSSR count). The highest BCUT2D eigenvalue weighted by atomic mass is 16.5. The first-order chi connectivity index (χ1) is 45.0. The monoisotopic (exact) mass is 1440 g/mol. The molecule has 0 saturated carbocycles. The fraction of sp³-hybridized carbons (Fsp3) is 0.989. The lowest BCUT2D eigenvalue weighted by Gasteiger charge is -2.23. The van der Waals surface area contributed by atoms with E-state index in [1.165, 1.54) is 167 Å². The summed E-state index contributed by atoms with van der Waals surface area (Å²) in [6, 6.07) is 2.10. The Morgan fingerprint density at radius 1 is 0.242 bits per heavy atom. The Morgan fingerprint density at radius 3 is 0.525 bits per heavy atom. The van der Waals surface area contributed by atoms with E-state index in [-0.39, 0.29) is 44.6 Å². The van der Waals surface area contributed by atoms with Gasteiger partial charge in [0, 0.05) is 92.3 Å². The highest BCUT2D eigenvalue weighted by molar-refractivity contribution is 4.67. The summed E-state index contributed by atoms with van der Waals surface area (Å²) in [5.74, 6) is 1.34. The van der Waals surface area contributed by atoms with Crippen molar-refractivity contribution in [3.05, 3.63) is 0 Å². The van der Waals surface area contributed by atoms with Gasteiger partial charge in [0.1, 0.15) is 0 Å². The van der Waals surface area contributed by atoms with Gasteiger partial charge in [-0.15, -0.1) is 0 Å². The van der Waals surface area contributed by atoms with Crippen LogP contribution < -0.4 is 0 Å². The molecule has 9 heteroatoms. The van der Waals surface area contributed by atoms with Gasteiger partial charge in [0.25, 0.3) is 0 Å². The first-order valence-electron chi connectivity index (χ1n) is 41.2. The quantitative estimate of drug-likeness (QED) is 0.0475. The molecule has 0 radical (unpaired) electrons. The summed E-state index contributed by atoms with van der Waals surface area (Å²) in [6.07, 6.45) is 50.9. The van der Waals surface area contributed by atoms with Crippen molar-refractivity contribution in [3.63, 3.8) is 0 Å². The predicted octanol–water partition coefficient (Wildman–Crippen LogP) is 31.7. The molecule has 0 bridgehead atoms. The number of nitriles is 1. The second kappa shape index (κ2) is 168. The van der Waals surface area contributed by atoms with Gasteiger partial charge in [0.2, 0.25) is 0 Å². The van der Waals surface area contributed by atoms with Gasteiger partial charge in [-0.25, -0.2) is 0 Å². The first kappa shape index (κ1) is 144. The van der Waals surface area contributed by atoms with Crippen LogP contribution in [0.15, 0.2) is 0 Å². The maximum absolute atomic E-state index is 8.07. The van der Waals surface area contributed by atoms with Crippen LogP contribution in [-0.4, -0.2) is 123 Å². The zero-order chi connectivity index (χ0) is 73.5. The van der Waals surface area contributed by atoms with E-state index in [4.69, 9.17) is 38.8 Å². The number of hydrogen-bond donors (Lipinski definition) is 1. The minimum Gasteiger partial charge on any atom is -0.396 e. The largest absolute Gasteiger partial charge is 0.396 e. The Balaban J connectivity index is -0.0000000472.